The molecule has 3 rings (SSSR count). The van der Waals surface area contributed by atoms with Crippen LogP contribution < -0.4 is 4.90 Å². The fraction of sp³-hybridized carbons (Fsp3) is 0.421. The van der Waals surface area contributed by atoms with Gasteiger partial charge in [0.2, 0.25) is 5.91 Å². The molecule has 0 bridgehead atoms. The molecule has 1 amide bonds. The van der Waals surface area contributed by atoms with Crippen LogP contribution in [-0.2, 0) is 16.1 Å². The van der Waals surface area contributed by atoms with Gasteiger partial charge in [0.05, 0.1) is 24.1 Å². The van der Waals surface area contributed by atoms with Crippen LogP contribution in [0.25, 0.3) is 0 Å². The maximum Gasteiger partial charge on any atom is 0.339 e. The van der Waals surface area contributed by atoms with Gasteiger partial charge in [-0.25, -0.2) is 4.79 Å². The van der Waals surface area contributed by atoms with Crippen LogP contribution in [0, 0.1) is 13.8 Å². The third kappa shape index (κ3) is 3.71. The highest BCUT2D eigenvalue weighted by Crippen LogP contribution is 2.22. The second kappa shape index (κ2) is 7.59. The van der Waals surface area contributed by atoms with E-state index in [-0.39, 0.29) is 18.4 Å². The van der Waals surface area contributed by atoms with E-state index in [1.807, 2.05) is 43.0 Å². The summed E-state index contributed by atoms with van der Waals surface area (Å²) in [5.41, 5.74) is 3.31. The lowest BCUT2D eigenvalue weighted by Gasteiger charge is -2.36. The lowest BCUT2D eigenvalue weighted by molar-refractivity contribution is -0.132. The number of benzene rings is 1. The number of methoxy groups -OCH3 is 1. The Morgan fingerprint density at radius 1 is 1.12 bits per heavy atom. The molecule has 2 aromatic rings. The minimum Gasteiger partial charge on any atom is -0.465 e. The largest absolute Gasteiger partial charge is 0.465 e. The monoisotopic (exact) mass is 356 g/mol. The van der Waals surface area contributed by atoms with Crippen molar-refractivity contribution in [1.29, 1.82) is 0 Å². The number of hydrogen-bond donors (Lipinski definition) is 0. The van der Waals surface area contributed by atoms with Crippen molar-refractivity contribution in [1.82, 2.24) is 14.7 Å². The maximum absolute atomic E-state index is 12.6. The van der Waals surface area contributed by atoms with Crippen molar-refractivity contribution in [3.8, 4) is 0 Å². The number of aryl methyl sites for hydroxylation is 2. The number of carbonyl (C=O) groups excluding carboxylic acids is 2. The fourth-order valence-electron chi connectivity index (χ4n) is 3.29. The first-order chi connectivity index (χ1) is 12.5. The molecule has 0 spiro atoms. The molecular weight excluding hydrogens is 332 g/mol. The van der Waals surface area contributed by atoms with Gasteiger partial charge in [0, 0.05) is 31.9 Å². The summed E-state index contributed by atoms with van der Waals surface area (Å²) in [6.45, 7) is 6.73. The summed E-state index contributed by atoms with van der Waals surface area (Å²) in [7, 11) is 1.38. The Morgan fingerprint density at radius 2 is 1.81 bits per heavy atom. The van der Waals surface area contributed by atoms with Crippen molar-refractivity contribution in [3.05, 3.63) is 47.3 Å². The molecule has 0 atom stereocenters. The molecule has 138 valence electrons. The molecule has 26 heavy (non-hydrogen) atoms. The Morgan fingerprint density at radius 3 is 2.42 bits per heavy atom. The van der Waals surface area contributed by atoms with Crippen LogP contribution in [0.1, 0.15) is 21.7 Å². The summed E-state index contributed by atoms with van der Waals surface area (Å²) >= 11 is 0. The number of amides is 1. The van der Waals surface area contributed by atoms with Crippen LogP contribution in [0.15, 0.2) is 30.3 Å². The molecular formula is C19H24N4O3. The summed E-state index contributed by atoms with van der Waals surface area (Å²) in [5.74, 6) is -0.277. The van der Waals surface area contributed by atoms with Gasteiger partial charge in [-0.2, -0.15) is 5.10 Å². The van der Waals surface area contributed by atoms with Gasteiger partial charge in [0.15, 0.2) is 0 Å². The van der Waals surface area contributed by atoms with Crippen molar-refractivity contribution in [2.75, 3.05) is 38.2 Å². The summed E-state index contributed by atoms with van der Waals surface area (Å²) in [6.07, 6.45) is 0. The average molecular weight is 356 g/mol. The smallest absolute Gasteiger partial charge is 0.339 e. The molecule has 2 heterocycles. The van der Waals surface area contributed by atoms with E-state index in [0.29, 0.717) is 31.7 Å². The SMILES string of the molecule is COC(=O)c1ccccc1N1CCN(C(=O)Cn2nc(C)cc2C)CC1. The van der Waals surface area contributed by atoms with Gasteiger partial charge in [0.25, 0.3) is 0 Å². The Hall–Kier alpha value is -2.83. The van der Waals surface area contributed by atoms with Gasteiger partial charge in [-0.15, -0.1) is 0 Å². The molecule has 0 unspecified atom stereocenters. The molecule has 0 N–H and O–H groups in total. The third-order valence-corrected chi connectivity index (χ3v) is 4.67. The van der Waals surface area contributed by atoms with E-state index in [0.717, 1.165) is 17.1 Å². The average Bonchev–Trinajstić information content (AvgIpc) is 2.98. The molecule has 1 saturated heterocycles. The van der Waals surface area contributed by atoms with Gasteiger partial charge in [0.1, 0.15) is 6.54 Å². The number of piperazine rings is 1. The van der Waals surface area contributed by atoms with E-state index >= 15 is 0 Å². The predicted molar refractivity (Wildman–Crippen MR) is 98.3 cm³/mol. The third-order valence-electron chi connectivity index (χ3n) is 4.67. The number of esters is 1. The number of nitrogens with zero attached hydrogens (tertiary/aromatic N) is 4. The second-order valence-electron chi connectivity index (χ2n) is 6.46. The van der Waals surface area contributed by atoms with Crippen LogP contribution in [0.3, 0.4) is 0 Å². The quantitative estimate of drug-likeness (QED) is 0.779. The van der Waals surface area contributed by atoms with E-state index in [9.17, 15) is 9.59 Å². The van der Waals surface area contributed by atoms with Crippen LogP contribution in [-0.4, -0.2) is 59.8 Å². The summed E-state index contributed by atoms with van der Waals surface area (Å²) in [5, 5.41) is 4.36. The molecule has 7 heteroatoms. The van der Waals surface area contributed by atoms with Crippen LogP contribution in [0.2, 0.25) is 0 Å². The van der Waals surface area contributed by atoms with Crippen molar-refractivity contribution in [2.45, 2.75) is 20.4 Å². The lowest BCUT2D eigenvalue weighted by Crippen LogP contribution is -2.50. The van der Waals surface area contributed by atoms with Gasteiger partial charge in [-0.1, -0.05) is 12.1 Å². The number of aromatic nitrogens is 2. The van der Waals surface area contributed by atoms with Crippen molar-refractivity contribution < 1.29 is 14.3 Å². The highest BCUT2D eigenvalue weighted by Gasteiger charge is 2.24. The number of carbonyl (C=O) groups is 2. The molecule has 7 nitrogen and oxygen atoms in total. The van der Waals surface area contributed by atoms with Crippen molar-refractivity contribution in [3.63, 3.8) is 0 Å². The van der Waals surface area contributed by atoms with Crippen LogP contribution in [0.5, 0.6) is 0 Å². The molecule has 1 fully saturated rings. The molecule has 0 saturated carbocycles. The Balaban J connectivity index is 1.63. The topological polar surface area (TPSA) is 67.7 Å². The number of para-hydroxylation sites is 1. The fourth-order valence-corrected chi connectivity index (χ4v) is 3.29. The van der Waals surface area contributed by atoms with Gasteiger partial charge in [-0.05, 0) is 32.0 Å². The Labute approximate surface area is 153 Å². The Bertz CT molecular complexity index is 807. The van der Waals surface area contributed by atoms with E-state index in [2.05, 4.69) is 10.00 Å². The van der Waals surface area contributed by atoms with Gasteiger partial charge < -0.3 is 14.5 Å². The summed E-state index contributed by atoms with van der Waals surface area (Å²) < 4.78 is 6.61. The van der Waals surface area contributed by atoms with Crippen molar-refractivity contribution >= 4 is 17.6 Å². The van der Waals surface area contributed by atoms with E-state index in [4.69, 9.17) is 4.74 Å². The molecule has 0 aliphatic carbocycles. The summed E-state index contributed by atoms with van der Waals surface area (Å²) in [4.78, 5) is 28.5. The van der Waals surface area contributed by atoms with E-state index in [1.54, 1.807) is 10.7 Å². The maximum atomic E-state index is 12.6. The highest BCUT2D eigenvalue weighted by molar-refractivity contribution is 5.95. The van der Waals surface area contributed by atoms with E-state index < -0.39 is 0 Å². The zero-order chi connectivity index (χ0) is 18.7. The molecule has 1 aliphatic heterocycles. The van der Waals surface area contributed by atoms with E-state index in [1.165, 1.54) is 7.11 Å². The number of rotatable bonds is 4. The summed E-state index contributed by atoms with van der Waals surface area (Å²) in [6, 6.07) is 9.38. The first-order valence-electron chi connectivity index (χ1n) is 8.70. The molecule has 0 radical (unpaired) electrons. The van der Waals surface area contributed by atoms with Gasteiger partial charge >= 0.3 is 5.97 Å². The molecule has 1 aromatic heterocycles. The first-order valence-corrected chi connectivity index (χ1v) is 8.70. The zero-order valence-corrected chi connectivity index (χ0v) is 15.4. The normalized spacial score (nSPS) is 14.4. The molecule has 1 aliphatic rings. The van der Waals surface area contributed by atoms with Crippen LogP contribution >= 0.6 is 0 Å². The lowest BCUT2D eigenvalue weighted by atomic mass is 10.1. The van der Waals surface area contributed by atoms with Gasteiger partial charge in [-0.3, -0.25) is 9.48 Å². The minimum absolute atomic E-state index is 0.0668. The number of anilines is 1. The van der Waals surface area contributed by atoms with Crippen LogP contribution in [0.4, 0.5) is 5.69 Å². The predicted octanol–water partition coefficient (Wildman–Crippen LogP) is 1.64. The second-order valence-corrected chi connectivity index (χ2v) is 6.46. The first kappa shape index (κ1) is 18.0. The standard InChI is InChI=1S/C19H24N4O3/c1-14-12-15(2)23(20-14)13-18(24)22-10-8-21(9-11-22)17-7-5-4-6-16(17)19(25)26-3/h4-7,12H,8-11,13H2,1-3H3. The zero-order valence-electron chi connectivity index (χ0n) is 15.4. The number of hydrogen-bond acceptors (Lipinski definition) is 5. The number of ether oxygens (including phenoxy) is 1. The van der Waals surface area contributed by atoms with Crippen molar-refractivity contribution in [2.24, 2.45) is 0 Å². The highest BCUT2D eigenvalue weighted by atomic mass is 16.5. The minimum atomic E-state index is -0.344. The Kier molecular flexibility index (Phi) is 5.25. The molecule has 1 aromatic carbocycles.